The summed E-state index contributed by atoms with van der Waals surface area (Å²) in [5.41, 5.74) is 0.659. The Hall–Kier alpha value is -2.29. The summed E-state index contributed by atoms with van der Waals surface area (Å²) in [5.74, 6) is -1.69. The number of aliphatic hydroxyl groups excluding tert-OH is 1. The summed E-state index contributed by atoms with van der Waals surface area (Å²) in [6, 6.07) is 5.70. The molecule has 9 heteroatoms. The fraction of sp³-hybridized carbons (Fsp3) is 0.594. The fourth-order valence-corrected chi connectivity index (χ4v) is 9.78. The highest BCUT2D eigenvalue weighted by molar-refractivity contribution is 8.02. The maximum absolute atomic E-state index is 14.8. The zero-order valence-corrected chi connectivity index (χ0v) is 26.3. The number of likely N-dealkylation sites (tertiary alicyclic amines) is 1. The average molecular weight is 602 g/mol. The van der Waals surface area contributed by atoms with Gasteiger partial charge >= 0.3 is 0 Å². The highest BCUT2D eigenvalue weighted by Crippen LogP contribution is 2.72. The minimum atomic E-state index is -0.828. The van der Waals surface area contributed by atoms with Crippen LogP contribution in [-0.4, -0.2) is 80.4 Å². The van der Waals surface area contributed by atoms with Gasteiger partial charge in [-0.2, -0.15) is 0 Å². The lowest BCUT2D eigenvalue weighted by Gasteiger charge is -2.41. The minimum absolute atomic E-state index is 0.0397. The van der Waals surface area contributed by atoms with Crippen molar-refractivity contribution in [3.63, 3.8) is 0 Å². The third-order valence-corrected chi connectivity index (χ3v) is 11.7. The van der Waals surface area contributed by atoms with Crippen LogP contribution in [0.15, 0.2) is 49.6 Å². The molecule has 0 saturated carbocycles. The van der Waals surface area contributed by atoms with E-state index in [1.165, 1.54) is 0 Å². The molecule has 3 heterocycles. The molecule has 7 atom stereocenters. The quantitative estimate of drug-likeness (QED) is 0.316. The molecule has 3 saturated heterocycles. The van der Waals surface area contributed by atoms with Crippen LogP contribution in [0.2, 0.25) is 5.02 Å². The molecule has 1 N–H and O–H groups in total. The topological polar surface area (TPSA) is 81.2 Å². The first-order valence-electron chi connectivity index (χ1n) is 14.8. The lowest BCUT2D eigenvalue weighted by molar-refractivity contribution is -0.147. The van der Waals surface area contributed by atoms with Crippen LogP contribution in [0.5, 0.6) is 0 Å². The summed E-state index contributed by atoms with van der Waals surface area (Å²) in [6.45, 7) is 16.9. The Balaban J connectivity index is 1.87. The lowest BCUT2D eigenvalue weighted by atomic mass is 9.66. The number of thioether (sulfide) groups is 1. The number of benzene rings is 1. The molecule has 224 valence electrons. The maximum atomic E-state index is 14.8. The van der Waals surface area contributed by atoms with E-state index in [1.807, 2.05) is 20.8 Å². The number of nitrogens with zero attached hydrogens (tertiary/aromatic N) is 3. The molecule has 7 nitrogen and oxygen atoms in total. The van der Waals surface area contributed by atoms with Crippen LogP contribution >= 0.6 is 23.4 Å². The smallest absolute Gasteiger partial charge is 0.251 e. The van der Waals surface area contributed by atoms with Gasteiger partial charge in [-0.25, -0.2) is 0 Å². The fourth-order valence-electron chi connectivity index (χ4n) is 7.32. The third kappa shape index (κ3) is 5.25. The van der Waals surface area contributed by atoms with Gasteiger partial charge in [0.2, 0.25) is 11.8 Å². The highest BCUT2D eigenvalue weighted by Gasteiger charge is 2.78. The monoisotopic (exact) mass is 601 g/mol. The number of carbonyl (C=O) groups excluding carboxylic acids is 3. The third-order valence-electron chi connectivity index (χ3n) is 9.43. The second kappa shape index (κ2) is 12.5. The molecule has 3 fully saturated rings. The van der Waals surface area contributed by atoms with Crippen LogP contribution in [0.1, 0.15) is 53.4 Å². The molecule has 4 rings (SSSR count). The Morgan fingerprint density at radius 1 is 1.17 bits per heavy atom. The van der Waals surface area contributed by atoms with Crippen molar-refractivity contribution in [3.8, 4) is 0 Å². The Morgan fingerprint density at radius 2 is 1.83 bits per heavy atom. The second-order valence-electron chi connectivity index (χ2n) is 11.9. The number of hydrogen-bond donors (Lipinski definition) is 1. The van der Waals surface area contributed by atoms with E-state index in [1.54, 1.807) is 62.9 Å². The molecule has 1 aromatic carbocycles. The SMILES string of the molecule is C=CCN(CCC)C(=O)[C@@H]1[C@H]2C(=O)N([C@@H](CO)[C@@H](C)CC)C(C(=O)N(CC=C)c3ccc(Cl)cc3)C23CC[C@@]1(C)S3. The number of hydrogen-bond acceptors (Lipinski definition) is 5. The molecule has 0 radical (unpaired) electrons. The van der Waals surface area contributed by atoms with Gasteiger partial charge in [0.05, 0.1) is 29.2 Å². The Morgan fingerprint density at radius 3 is 2.39 bits per heavy atom. The van der Waals surface area contributed by atoms with Crippen molar-refractivity contribution < 1.29 is 19.5 Å². The number of amides is 3. The van der Waals surface area contributed by atoms with Crippen LogP contribution in [-0.2, 0) is 14.4 Å². The van der Waals surface area contributed by atoms with Gasteiger partial charge in [-0.3, -0.25) is 14.4 Å². The number of carbonyl (C=O) groups is 3. The molecule has 2 bridgehead atoms. The van der Waals surface area contributed by atoms with Crippen LogP contribution in [0.3, 0.4) is 0 Å². The van der Waals surface area contributed by atoms with Crippen molar-refractivity contribution in [3.05, 3.63) is 54.6 Å². The summed E-state index contributed by atoms with van der Waals surface area (Å²) in [6.07, 6.45) is 6.32. The van der Waals surface area contributed by atoms with E-state index in [0.29, 0.717) is 30.2 Å². The summed E-state index contributed by atoms with van der Waals surface area (Å²) in [7, 11) is 0. The van der Waals surface area contributed by atoms with Crippen molar-refractivity contribution in [1.29, 1.82) is 0 Å². The first-order valence-corrected chi connectivity index (χ1v) is 15.9. The Labute approximate surface area is 254 Å². The molecule has 3 aliphatic heterocycles. The van der Waals surface area contributed by atoms with E-state index in [-0.39, 0.29) is 36.8 Å². The van der Waals surface area contributed by atoms with Crippen LogP contribution in [0.25, 0.3) is 0 Å². The molecule has 3 aliphatic rings. The number of aliphatic hydroxyl groups is 1. The first-order chi connectivity index (χ1) is 19.5. The van der Waals surface area contributed by atoms with Gasteiger partial charge in [-0.15, -0.1) is 24.9 Å². The largest absolute Gasteiger partial charge is 0.394 e. The first kappa shape index (κ1) is 31.6. The van der Waals surface area contributed by atoms with Crippen molar-refractivity contribution in [2.75, 3.05) is 31.1 Å². The Bertz CT molecular complexity index is 1180. The average Bonchev–Trinajstić information content (AvgIpc) is 3.52. The summed E-state index contributed by atoms with van der Waals surface area (Å²) < 4.78 is -1.24. The standard InChI is InChI=1S/C32H44ClN3O4S/c1-7-17-34(18-8-2)28(38)25-26-29(39)36(24(20-37)21(5)10-4)27(32(26)16-15-31(25,6)41-32)30(40)35(19-9-3)23-13-11-22(33)12-14-23/h7,9,11-14,21,24-27,37H,1,3,8,10,15-20H2,2,4-6H3/t21-,24-,25-,26-,27?,31+,32?/m0/s1. The summed E-state index contributed by atoms with van der Waals surface area (Å²) in [4.78, 5) is 48.8. The van der Waals surface area contributed by atoms with E-state index in [0.717, 1.165) is 19.3 Å². The van der Waals surface area contributed by atoms with Gasteiger partial charge in [0.25, 0.3) is 5.91 Å². The predicted molar refractivity (Wildman–Crippen MR) is 167 cm³/mol. The highest BCUT2D eigenvalue weighted by atomic mass is 35.5. The van der Waals surface area contributed by atoms with Crippen molar-refractivity contribution >= 4 is 46.8 Å². The molecule has 1 spiro atoms. The van der Waals surface area contributed by atoms with E-state index < -0.39 is 33.4 Å². The molecule has 2 unspecified atom stereocenters. The minimum Gasteiger partial charge on any atom is -0.394 e. The second-order valence-corrected chi connectivity index (χ2v) is 14.2. The van der Waals surface area contributed by atoms with E-state index in [9.17, 15) is 19.5 Å². The van der Waals surface area contributed by atoms with Crippen molar-refractivity contribution in [1.82, 2.24) is 9.80 Å². The zero-order chi connectivity index (χ0) is 30.1. The van der Waals surface area contributed by atoms with Crippen LogP contribution in [0.4, 0.5) is 5.69 Å². The predicted octanol–water partition coefficient (Wildman–Crippen LogP) is 5.17. The zero-order valence-electron chi connectivity index (χ0n) is 24.7. The van der Waals surface area contributed by atoms with Gasteiger partial charge in [-0.05, 0) is 56.4 Å². The Kier molecular flexibility index (Phi) is 9.66. The maximum Gasteiger partial charge on any atom is 0.251 e. The van der Waals surface area contributed by atoms with Crippen LogP contribution < -0.4 is 4.90 Å². The van der Waals surface area contributed by atoms with Crippen LogP contribution in [0, 0.1) is 17.8 Å². The number of fused-ring (bicyclic) bond motifs is 1. The van der Waals surface area contributed by atoms with Gasteiger partial charge in [0.15, 0.2) is 0 Å². The number of rotatable bonds is 13. The lowest BCUT2D eigenvalue weighted by Crippen LogP contribution is -2.58. The molecule has 0 aliphatic carbocycles. The van der Waals surface area contributed by atoms with Gasteiger partial charge in [0.1, 0.15) is 6.04 Å². The summed E-state index contributed by atoms with van der Waals surface area (Å²) >= 11 is 7.81. The molecule has 0 aromatic heterocycles. The van der Waals surface area contributed by atoms with E-state index in [4.69, 9.17) is 11.6 Å². The molecule has 3 amide bonds. The van der Waals surface area contributed by atoms with Crippen molar-refractivity contribution in [2.24, 2.45) is 17.8 Å². The van der Waals surface area contributed by atoms with Gasteiger partial charge in [-0.1, -0.05) is 50.9 Å². The molecule has 41 heavy (non-hydrogen) atoms. The number of halogens is 1. The normalized spacial score (nSPS) is 29.7. The molecular weight excluding hydrogens is 558 g/mol. The van der Waals surface area contributed by atoms with E-state index in [2.05, 4.69) is 20.1 Å². The van der Waals surface area contributed by atoms with Gasteiger partial charge < -0.3 is 19.8 Å². The molecular formula is C32H44ClN3O4S. The van der Waals surface area contributed by atoms with Crippen molar-refractivity contribution in [2.45, 2.75) is 75.0 Å². The number of anilines is 1. The molecule has 1 aromatic rings. The summed E-state index contributed by atoms with van der Waals surface area (Å²) in [5, 5.41) is 11.2. The van der Waals surface area contributed by atoms with Gasteiger partial charge in [0, 0.05) is 35.1 Å². The van der Waals surface area contributed by atoms with E-state index >= 15 is 0 Å².